The molecule has 1 N–H and O–H groups in total. The molecule has 2 heterocycles. The summed E-state index contributed by atoms with van der Waals surface area (Å²) in [5, 5.41) is 4.59. The number of thioether (sulfide) groups is 1. The monoisotopic (exact) mass is 488 g/mol. The number of aryl methyl sites for hydroxylation is 1. The molecule has 182 valence electrons. The normalized spacial score (nSPS) is 15.5. The van der Waals surface area contributed by atoms with E-state index in [0.717, 1.165) is 35.9 Å². The molecule has 0 saturated heterocycles. The number of hydrogen-bond acceptors (Lipinski definition) is 5. The molecule has 0 atom stereocenters. The van der Waals surface area contributed by atoms with Crippen LogP contribution in [0.3, 0.4) is 0 Å². The van der Waals surface area contributed by atoms with Gasteiger partial charge in [0.25, 0.3) is 5.56 Å². The summed E-state index contributed by atoms with van der Waals surface area (Å²) >= 11 is 1.72. The summed E-state index contributed by atoms with van der Waals surface area (Å²) in [5.74, 6) is 0.0361. The molecule has 1 amide bonds. The molecule has 0 unspecified atom stereocenters. The van der Waals surface area contributed by atoms with Gasteiger partial charge >= 0.3 is 0 Å². The summed E-state index contributed by atoms with van der Waals surface area (Å²) in [7, 11) is 0. The lowest BCUT2D eigenvalue weighted by Crippen LogP contribution is -2.44. The van der Waals surface area contributed by atoms with Crippen molar-refractivity contribution in [2.75, 3.05) is 19.6 Å². The fourth-order valence-corrected chi connectivity index (χ4v) is 5.88. The zero-order valence-electron chi connectivity index (χ0n) is 20.0. The number of hydrogen-bond donors (Lipinski definition) is 1. The molecule has 1 saturated carbocycles. The van der Waals surface area contributed by atoms with E-state index < -0.39 is 0 Å². The third kappa shape index (κ3) is 5.68. The van der Waals surface area contributed by atoms with Crippen molar-refractivity contribution < 1.29 is 4.79 Å². The van der Waals surface area contributed by atoms with Gasteiger partial charge in [0.1, 0.15) is 0 Å². The van der Waals surface area contributed by atoms with Crippen molar-refractivity contribution in [3.63, 3.8) is 0 Å². The van der Waals surface area contributed by atoms with Crippen LogP contribution in [0.4, 0.5) is 0 Å². The molecular weight excluding hydrogens is 456 g/mol. The number of nitrogens with zero attached hydrogens (tertiary/aromatic N) is 3. The Kier molecular flexibility index (Phi) is 7.64. The summed E-state index contributed by atoms with van der Waals surface area (Å²) in [6.07, 6.45) is 6.19. The molecule has 35 heavy (non-hydrogen) atoms. The van der Waals surface area contributed by atoms with E-state index in [2.05, 4.69) is 29.6 Å². The SMILES string of the molecule is O=C(CNCCCc1ccccc1)N1CCc2nc(SC3CCC3)n(-c3ccccc3)c(=O)c2C1. The van der Waals surface area contributed by atoms with Gasteiger partial charge in [0.2, 0.25) is 5.91 Å². The molecule has 0 spiro atoms. The second-order valence-electron chi connectivity index (χ2n) is 9.30. The predicted molar refractivity (Wildman–Crippen MR) is 140 cm³/mol. The van der Waals surface area contributed by atoms with Crippen LogP contribution in [-0.4, -0.2) is 45.2 Å². The Morgan fingerprint density at radius 3 is 2.51 bits per heavy atom. The molecule has 7 heteroatoms. The zero-order chi connectivity index (χ0) is 24.0. The number of benzene rings is 2. The van der Waals surface area contributed by atoms with Gasteiger partial charge in [0.15, 0.2) is 5.16 Å². The van der Waals surface area contributed by atoms with E-state index in [4.69, 9.17) is 4.98 Å². The average molecular weight is 489 g/mol. The van der Waals surface area contributed by atoms with Gasteiger partial charge in [0.05, 0.1) is 30.0 Å². The fourth-order valence-electron chi connectivity index (χ4n) is 4.56. The van der Waals surface area contributed by atoms with Gasteiger partial charge in [0, 0.05) is 18.2 Å². The number of carbonyl (C=O) groups excluding carboxylic acids is 1. The molecular formula is C28H32N4O2S. The van der Waals surface area contributed by atoms with Crippen LogP contribution in [0.1, 0.15) is 42.5 Å². The smallest absolute Gasteiger partial charge is 0.264 e. The zero-order valence-corrected chi connectivity index (χ0v) is 20.8. The number of nitrogens with one attached hydrogen (secondary N) is 1. The van der Waals surface area contributed by atoms with Crippen molar-refractivity contribution in [2.45, 2.75) is 55.5 Å². The third-order valence-corrected chi connectivity index (χ3v) is 8.12. The topological polar surface area (TPSA) is 67.2 Å². The maximum atomic E-state index is 13.7. The van der Waals surface area contributed by atoms with Crippen molar-refractivity contribution in [3.05, 3.63) is 87.8 Å². The molecule has 0 bridgehead atoms. The lowest BCUT2D eigenvalue weighted by Gasteiger charge is -2.30. The van der Waals surface area contributed by atoms with Gasteiger partial charge in [-0.2, -0.15) is 0 Å². The Morgan fingerprint density at radius 2 is 1.80 bits per heavy atom. The number of aromatic nitrogens is 2. The quantitative estimate of drug-likeness (QED) is 0.365. The largest absolute Gasteiger partial charge is 0.337 e. The molecule has 1 aliphatic heterocycles. The number of rotatable bonds is 9. The second-order valence-corrected chi connectivity index (χ2v) is 10.6. The molecule has 2 aromatic carbocycles. The summed E-state index contributed by atoms with van der Waals surface area (Å²) < 4.78 is 1.75. The molecule has 6 nitrogen and oxygen atoms in total. The molecule has 5 rings (SSSR count). The Balaban J connectivity index is 1.25. The summed E-state index contributed by atoms with van der Waals surface area (Å²) in [4.78, 5) is 33.3. The Hall–Kier alpha value is -2.90. The van der Waals surface area contributed by atoms with Gasteiger partial charge in [-0.15, -0.1) is 0 Å². The van der Waals surface area contributed by atoms with Crippen molar-refractivity contribution in [1.82, 2.24) is 19.8 Å². The highest BCUT2D eigenvalue weighted by molar-refractivity contribution is 7.99. The van der Waals surface area contributed by atoms with Crippen molar-refractivity contribution in [2.24, 2.45) is 0 Å². The minimum absolute atomic E-state index is 0.0361. The first-order valence-electron chi connectivity index (χ1n) is 12.6. The first-order valence-corrected chi connectivity index (χ1v) is 13.5. The second kappa shape index (κ2) is 11.2. The minimum atomic E-state index is -0.0451. The van der Waals surface area contributed by atoms with Crippen LogP contribution in [0.5, 0.6) is 0 Å². The predicted octanol–water partition coefficient (Wildman–Crippen LogP) is 3.98. The standard InChI is InChI=1S/C28H32N4O2S/c33-26(19-29-17-8-11-21-9-3-1-4-10-21)31-18-16-25-24(20-31)27(34)32(22-12-5-2-6-13-22)28(30-25)35-23-14-7-15-23/h1-6,9-10,12-13,23,29H,7-8,11,14-20H2. The van der Waals surface area contributed by atoms with Crippen LogP contribution >= 0.6 is 11.8 Å². The van der Waals surface area contributed by atoms with Crippen LogP contribution in [0.15, 0.2) is 70.6 Å². The molecule has 1 aliphatic carbocycles. The Bertz CT molecular complexity index is 1210. The van der Waals surface area contributed by atoms with Crippen LogP contribution < -0.4 is 10.9 Å². The van der Waals surface area contributed by atoms with Gasteiger partial charge in [-0.1, -0.05) is 66.7 Å². The highest BCUT2D eigenvalue weighted by Crippen LogP contribution is 2.36. The number of amides is 1. The average Bonchev–Trinajstić information content (AvgIpc) is 2.87. The van der Waals surface area contributed by atoms with Crippen molar-refractivity contribution in [3.8, 4) is 5.69 Å². The lowest BCUT2D eigenvalue weighted by atomic mass is 10.0. The first kappa shape index (κ1) is 23.8. The van der Waals surface area contributed by atoms with E-state index in [1.807, 2.05) is 36.4 Å². The third-order valence-electron chi connectivity index (χ3n) is 6.83. The number of carbonyl (C=O) groups is 1. The van der Waals surface area contributed by atoms with E-state index in [1.165, 1.54) is 24.8 Å². The minimum Gasteiger partial charge on any atom is -0.337 e. The number of para-hydroxylation sites is 1. The van der Waals surface area contributed by atoms with Gasteiger partial charge in [-0.3, -0.25) is 14.2 Å². The first-order chi connectivity index (χ1) is 17.2. The highest BCUT2D eigenvalue weighted by atomic mass is 32.2. The van der Waals surface area contributed by atoms with E-state index in [-0.39, 0.29) is 11.5 Å². The van der Waals surface area contributed by atoms with E-state index >= 15 is 0 Å². The molecule has 1 aromatic heterocycles. The maximum absolute atomic E-state index is 13.7. The maximum Gasteiger partial charge on any atom is 0.264 e. The molecule has 1 fully saturated rings. The van der Waals surface area contributed by atoms with Gasteiger partial charge in [-0.05, 0) is 49.9 Å². The summed E-state index contributed by atoms with van der Waals surface area (Å²) in [5.41, 5.74) is 3.60. The van der Waals surface area contributed by atoms with Crippen LogP contribution in [-0.2, 0) is 24.2 Å². The molecule has 3 aromatic rings. The number of fused-ring (bicyclic) bond motifs is 1. The van der Waals surface area contributed by atoms with Crippen LogP contribution in [0, 0.1) is 0 Å². The van der Waals surface area contributed by atoms with Gasteiger partial charge in [-0.25, -0.2) is 4.98 Å². The van der Waals surface area contributed by atoms with E-state index in [1.54, 1.807) is 21.2 Å². The Morgan fingerprint density at radius 1 is 1.06 bits per heavy atom. The van der Waals surface area contributed by atoms with Crippen molar-refractivity contribution >= 4 is 17.7 Å². The highest BCUT2D eigenvalue weighted by Gasteiger charge is 2.28. The summed E-state index contributed by atoms with van der Waals surface area (Å²) in [6, 6.07) is 20.1. The van der Waals surface area contributed by atoms with Crippen molar-refractivity contribution in [1.29, 1.82) is 0 Å². The molecule has 2 aliphatic rings. The fraction of sp³-hybridized carbons (Fsp3) is 0.393. The van der Waals surface area contributed by atoms with Gasteiger partial charge < -0.3 is 10.2 Å². The van der Waals surface area contributed by atoms with Crippen LogP contribution in [0.25, 0.3) is 5.69 Å². The van der Waals surface area contributed by atoms with E-state index in [9.17, 15) is 9.59 Å². The van der Waals surface area contributed by atoms with E-state index in [0.29, 0.717) is 36.9 Å². The summed E-state index contributed by atoms with van der Waals surface area (Å²) in [6.45, 7) is 2.01. The Labute approximate surface area is 210 Å². The molecule has 0 radical (unpaired) electrons. The lowest BCUT2D eigenvalue weighted by molar-refractivity contribution is -0.131. The van der Waals surface area contributed by atoms with Crippen LogP contribution in [0.2, 0.25) is 0 Å².